The van der Waals surface area contributed by atoms with Gasteiger partial charge in [-0.1, -0.05) is 35.9 Å². The van der Waals surface area contributed by atoms with Crippen molar-refractivity contribution in [2.75, 3.05) is 26.4 Å². The molecule has 3 aromatic carbocycles. The number of hydrogen-bond acceptors (Lipinski definition) is 5. The predicted octanol–water partition coefficient (Wildman–Crippen LogP) is 5.06. The number of piperidine rings is 1. The van der Waals surface area contributed by atoms with Gasteiger partial charge in [0.15, 0.2) is 17.7 Å². The Labute approximate surface area is 249 Å². The fourth-order valence-electron chi connectivity index (χ4n) is 5.12. The van der Waals surface area contributed by atoms with Gasteiger partial charge in [0.25, 0.3) is 5.56 Å². The third-order valence-electron chi connectivity index (χ3n) is 7.46. The zero-order valence-corrected chi connectivity index (χ0v) is 23.8. The number of carbonyl (C=O) groups is 1. The third kappa shape index (κ3) is 6.72. The molecule has 12 heteroatoms. The average molecular weight is 616 g/mol. The third-order valence-corrected chi connectivity index (χ3v) is 7.71. The summed E-state index contributed by atoms with van der Waals surface area (Å²) in [6, 6.07) is 15.8. The Morgan fingerprint density at radius 1 is 0.953 bits per heavy atom. The van der Waals surface area contributed by atoms with E-state index in [1.807, 2.05) is 12.1 Å². The number of fused-ring (bicyclic) bond motifs is 1. The first-order valence-corrected chi connectivity index (χ1v) is 14.1. The number of alkyl halides is 2. The molecule has 0 aliphatic carbocycles. The lowest BCUT2D eigenvalue weighted by atomic mass is 10.0. The molecule has 2 heterocycles. The number of amides is 1. The van der Waals surface area contributed by atoms with E-state index in [1.54, 1.807) is 41.3 Å². The standard InChI is InChI=1S/C31H29ClF3N3O5/c32-22-5-7-24(8-6-22)42-18-21-3-1-20(2-4-21)17-37-30(40)26-13-29(43-25(15-33)16-34)27(35)14-28(26)38(31(37)41)23-9-11-36(19-39)12-10-23/h1-8,13-14,19,23,25H,9-12,15-18H2. The zero-order chi connectivity index (χ0) is 30.5. The Kier molecular flexibility index (Phi) is 9.40. The van der Waals surface area contributed by atoms with Gasteiger partial charge < -0.3 is 14.4 Å². The maximum absolute atomic E-state index is 15.1. The summed E-state index contributed by atoms with van der Waals surface area (Å²) >= 11 is 5.91. The highest BCUT2D eigenvalue weighted by molar-refractivity contribution is 6.30. The minimum atomic E-state index is -1.53. The molecule has 1 saturated heterocycles. The number of ether oxygens (including phenoxy) is 2. The minimum Gasteiger partial charge on any atom is -0.489 e. The molecule has 0 radical (unpaired) electrons. The van der Waals surface area contributed by atoms with Crippen LogP contribution in [0.3, 0.4) is 0 Å². The van der Waals surface area contributed by atoms with Crippen LogP contribution < -0.4 is 20.7 Å². The van der Waals surface area contributed by atoms with Gasteiger partial charge in [-0.2, -0.15) is 0 Å². The number of hydrogen-bond donors (Lipinski definition) is 0. The van der Waals surface area contributed by atoms with Crippen LogP contribution in [-0.2, 0) is 17.9 Å². The van der Waals surface area contributed by atoms with Crippen molar-refractivity contribution in [1.29, 1.82) is 0 Å². The molecular formula is C31H29ClF3N3O5. The van der Waals surface area contributed by atoms with Gasteiger partial charge in [-0.15, -0.1) is 0 Å². The monoisotopic (exact) mass is 615 g/mol. The van der Waals surface area contributed by atoms with Gasteiger partial charge in [0.05, 0.1) is 17.4 Å². The average Bonchev–Trinajstić information content (AvgIpc) is 3.03. The highest BCUT2D eigenvalue weighted by atomic mass is 35.5. The van der Waals surface area contributed by atoms with Crippen LogP contribution in [0.4, 0.5) is 13.2 Å². The van der Waals surface area contributed by atoms with E-state index in [1.165, 1.54) is 4.57 Å². The molecule has 0 spiro atoms. The molecular weight excluding hydrogens is 587 g/mol. The fourth-order valence-corrected chi connectivity index (χ4v) is 5.24. The Balaban J connectivity index is 1.50. The summed E-state index contributed by atoms with van der Waals surface area (Å²) in [6.45, 7) is -1.39. The van der Waals surface area contributed by atoms with Crippen molar-refractivity contribution >= 4 is 28.9 Å². The number of benzene rings is 3. The van der Waals surface area contributed by atoms with E-state index in [-0.39, 0.29) is 24.1 Å². The summed E-state index contributed by atoms with van der Waals surface area (Å²) in [5.41, 5.74) is 0.239. The van der Waals surface area contributed by atoms with Gasteiger partial charge in [0.2, 0.25) is 6.41 Å². The second-order valence-electron chi connectivity index (χ2n) is 10.3. The van der Waals surface area contributed by atoms with Crippen LogP contribution in [0.15, 0.2) is 70.3 Å². The molecule has 0 bridgehead atoms. The number of rotatable bonds is 11. The molecule has 226 valence electrons. The smallest absolute Gasteiger partial charge is 0.332 e. The van der Waals surface area contributed by atoms with E-state index < -0.39 is 48.3 Å². The molecule has 0 atom stereocenters. The Morgan fingerprint density at radius 3 is 2.23 bits per heavy atom. The lowest BCUT2D eigenvalue weighted by molar-refractivity contribution is -0.119. The van der Waals surface area contributed by atoms with Gasteiger partial charge >= 0.3 is 5.69 Å². The van der Waals surface area contributed by atoms with E-state index in [0.717, 1.165) is 28.7 Å². The van der Waals surface area contributed by atoms with E-state index in [0.29, 0.717) is 42.3 Å². The second kappa shape index (κ2) is 13.4. The van der Waals surface area contributed by atoms with Gasteiger partial charge in [0, 0.05) is 30.2 Å². The molecule has 1 aliphatic heterocycles. The molecule has 0 saturated carbocycles. The maximum atomic E-state index is 15.1. The molecule has 1 aromatic heterocycles. The van der Waals surface area contributed by atoms with Crippen LogP contribution in [0.25, 0.3) is 10.9 Å². The van der Waals surface area contributed by atoms with Gasteiger partial charge in [-0.05, 0) is 54.3 Å². The van der Waals surface area contributed by atoms with Crippen molar-refractivity contribution in [3.63, 3.8) is 0 Å². The molecule has 5 rings (SSSR count). The molecule has 1 aliphatic rings. The van der Waals surface area contributed by atoms with E-state index >= 15 is 4.39 Å². The number of likely N-dealkylation sites (tertiary alicyclic amines) is 1. The molecule has 4 aromatic rings. The second-order valence-corrected chi connectivity index (χ2v) is 10.8. The summed E-state index contributed by atoms with van der Waals surface area (Å²) in [5, 5.41) is 0.571. The van der Waals surface area contributed by atoms with Crippen LogP contribution in [0.5, 0.6) is 11.5 Å². The van der Waals surface area contributed by atoms with E-state index in [9.17, 15) is 23.2 Å². The first-order valence-electron chi connectivity index (χ1n) is 13.7. The Bertz CT molecular complexity index is 1700. The molecule has 0 unspecified atom stereocenters. The molecule has 43 heavy (non-hydrogen) atoms. The highest BCUT2D eigenvalue weighted by Crippen LogP contribution is 2.28. The van der Waals surface area contributed by atoms with Crippen molar-refractivity contribution in [2.24, 2.45) is 0 Å². The quantitative estimate of drug-likeness (QED) is 0.220. The Morgan fingerprint density at radius 2 is 1.60 bits per heavy atom. The minimum absolute atomic E-state index is 0.0294. The van der Waals surface area contributed by atoms with Crippen molar-refractivity contribution in [1.82, 2.24) is 14.0 Å². The van der Waals surface area contributed by atoms with Crippen LogP contribution in [0.1, 0.15) is 30.0 Å². The number of halogens is 4. The molecule has 1 amide bonds. The molecule has 1 fully saturated rings. The van der Waals surface area contributed by atoms with Crippen molar-refractivity contribution < 1.29 is 27.4 Å². The number of nitrogens with zero attached hydrogens (tertiary/aromatic N) is 3. The lowest BCUT2D eigenvalue weighted by Gasteiger charge is -2.31. The van der Waals surface area contributed by atoms with Crippen molar-refractivity contribution in [3.05, 3.63) is 103 Å². The topological polar surface area (TPSA) is 82.8 Å². The SMILES string of the molecule is O=CN1CCC(n2c(=O)n(Cc3ccc(COc4ccc(Cl)cc4)cc3)c(=O)c3cc(OC(CF)CF)c(F)cc32)CC1. The van der Waals surface area contributed by atoms with Crippen LogP contribution >= 0.6 is 11.6 Å². The Hall–Kier alpha value is -4.25. The van der Waals surface area contributed by atoms with Crippen molar-refractivity contribution in [3.8, 4) is 11.5 Å². The lowest BCUT2D eigenvalue weighted by Crippen LogP contribution is -2.44. The normalized spacial score (nSPS) is 13.9. The largest absolute Gasteiger partial charge is 0.489 e. The van der Waals surface area contributed by atoms with Gasteiger partial charge in [-0.25, -0.2) is 18.0 Å². The van der Waals surface area contributed by atoms with Crippen molar-refractivity contribution in [2.45, 2.75) is 38.1 Å². The van der Waals surface area contributed by atoms with Gasteiger partial charge in [-0.3, -0.25) is 18.7 Å². The fraction of sp³-hybridized carbons (Fsp3) is 0.323. The summed E-state index contributed by atoms with van der Waals surface area (Å²) < 4.78 is 54.7. The number of aromatic nitrogens is 2. The first kappa shape index (κ1) is 30.2. The molecule has 0 N–H and O–H groups in total. The summed E-state index contributed by atoms with van der Waals surface area (Å²) in [4.78, 5) is 40.3. The van der Waals surface area contributed by atoms with Crippen LogP contribution in [0.2, 0.25) is 5.02 Å². The summed E-state index contributed by atoms with van der Waals surface area (Å²) in [6.07, 6.45) is 0.0345. The van der Waals surface area contributed by atoms with Gasteiger partial charge in [0.1, 0.15) is 25.7 Å². The van der Waals surface area contributed by atoms with Crippen LogP contribution in [-0.4, -0.2) is 53.0 Å². The first-order chi connectivity index (χ1) is 20.8. The predicted molar refractivity (Wildman–Crippen MR) is 156 cm³/mol. The van der Waals surface area contributed by atoms with E-state index in [2.05, 4.69) is 0 Å². The molecule has 8 nitrogen and oxygen atoms in total. The number of carbonyl (C=O) groups excluding carboxylic acids is 1. The maximum Gasteiger partial charge on any atom is 0.332 e. The van der Waals surface area contributed by atoms with Crippen LogP contribution in [0, 0.1) is 5.82 Å². The highest BCUT2D eigenvalue weighted by Gasteiger charge is 2.26. The van der Waals surface area contributed by atoms with E-state index in [4.69, 9.17) is 21.1 Å². The summed E-state index contributed by atoms with van der Waals surface area (Å²) in [5.74, 6) is -0.784. The summed E-state index contributed by atoms with van der Waals surface area (Å²) in [7, 11) is 0. The zero-order valence-electron chi connectivity index (χ0n) is 23.1.